The minimum atomic E-state index is 0.645. The minimum absolute atomic E-state index is 0.645. The monoisotopic (exact) mass is 638 g/mol. The van der Waals surface area contributed by atoms with Crippen molar-refractivity contribution in [2.45, 2.75) is 12.8 Å². The summed E-state index contributed by atoms with van der Waals surface area (Å²) in [6, 6.07) is 49.1. The van der Waals surface area contributed by atoms with Gasteiger partial charge in [0.25, 0.3) is 0 Å². The van der Waals surface area contributed by atoms with Crippen LogP contribution in [0, 0.1) is 0 Å². The Morgan fingerprint density at radius 3 is 1.86 bits per heavy atom. The maximum absolute atomic E-state index is 5.30. The van der Waals surface area contributed by atoms with Gasteiger partial charge in [-0.3, -0.25) is 4.98 Å². The number of para-hydroxylation sites is 1. The molecule has 0 saturated heterocycles. The first-order valence-electron chi connectivity index (χ1n) is 17.1. The van der Waals surface area contributed by atoms with Crippen molar-refractivity contribution >= 4 is 49.3 Å². The molecule has 50 heavy (non-hydrogen) atoms. The van der Waals surface area contributed by atoms with Crippen molar-refractivity contribution in [3.05, 3.63) is 163 Å². The number of benzene rings is 7. The number of aryl methyl sites for hydroxylation is 1. The largest absolute Gasteiger partial charge is 0.256 e. The molecule has 234 valence electrons. The lowest BCUT2D eigenvalue weighted by Crippen LogP contribution is -2.04. The number of hydrogen-bond donors (Lipinski definition) is 0. The zero-order valence-electron chi connectivity index (χ0n) is 27.2. The Morgan fingerprint density at radius 1 is 0.440 bits per heavy atom. The summed E-state index contributed by atoms with van der Waals surface area (Å²) in [5.74, 6) is 1.99. The molecule has 0 radical (unpaired) electrons. The van der Waals surface area contributed by atoms with E-state index in [2.05, 4.69) is 133 Å². The average Bonchev–Trinajstić information content (AvgIpc) is 3.20. The van der Waals surface area contributed by atoms with Crippen LogP contribution >= 0.6 is 0 Å². The molecule has 0 fully saturated rings. The molecule has 0 aliphatic heterocycles. The molecule has 0 spiro atoms. The van der Waals surface area contributed by atoms with E-state index in [9.17, 15) is 0 Å². The Morgan fingerprint density at radius 2 is 1.04 bits per heavy atom. The van der Waals surface area contributed by atoms with Crippen LogP contribution in [-0.2, 0) is 6.42 Å². The molecule has 0 bridgehead atoms. The van der Waals surface area contributed by atoms with Crippen LogP contribution in [0.15, 0.2) is 152 Å². The van der Waals surface area contributed by atoms with Gasteiger partial charge in [0.2, 0.25) is 0 Å². The summed E-state index contributed by atoms with van der Waals surface area (Å²) < 4.78 is 0. The van der Waals surface area contributed by atoms with Crippen molar-refractivity contribution in [3.8, 4) is 45.3 Å². The summed E-state index contributed by atoms with van der Waals surface area (Å²) in [4.78, 5) is 20.4. The molecular formula is C46H30N4. The third-order valence-corrected chi connectivity index (χ3v) is 10.00. The molecule has 4 heteroatoms. The summed E-state index contributed by atoms with van der Waals surface area (Å²) in [6.45, 7) is 0. The molecule has 4 nitrogen and oxygen atoms in total. The first kappa shape index (κ1) is 28.5. The van der Waals surface area contributed by atoms with Crippen molar-refractivity contribution in [2.24, 2.45) is 0 Å². The Hall–Kier alpha value is -6.52. The highest BCUT2D eigenvalue weighted by atomic mass is 15.0. The second-order valence-corrected chi connectivity index (χ2v) is 13.0. The van der Waals surface area contributed by atoms with Crippen LogP contribution in [0.2, 0.25) is 0 Å². The normalized spacial score (nSPS) is 12.6. The molecule has 0 amide bonds. The van der Waals surface area contributed by atoms with Crippen LogP contribution in [0.1, 0.15) is 17.5 Å². The van der Waals surface area contributed by atoms with E-state index in [1.54, 1.807) is 0 Å². The van der Waals surface area contributed by atoms with Gasteiger partial charge in [-0.2, -0.15) is 0 Å². The number of allylic oxidation sites excluding steroid dienone is 1. The van der Waals surface area contributed by atoms with Crippen molar-refractivity contribution in [1.82, 2.24) is 19.9 Å². The van der Waals surface area contributed by atoms with E-state index in [1.165, 1.54) is 32.7 Å². The van der Waals surface area contributed by atoms with Crippen LogP contribution in [0.25, 0.3) is 94.6 Å². The topological polar surface area (TPSA) is 51.6 Å². The number of hydrogen-bond acceptors (Lipinski definition) is 4. The third-order valence-electron chi connectivity index (χ3n) is 10.00. The Bertz CT molecular complexity index is 2820. The lowest BCUT2D eigenvalue weighted by molar-refractivity contribution is 0.994. The standard InChI is InChI=1S/C46H30N4/c1-4-14-35-31(11-1)26-41(39-18-8-6-16-37(35)39)45-48-44(30-23-21-29(22-24-30)34-25-33-13-3-10-20-43(33)47-28-34)49-46(50-45)42-27-32-12-2-5-15-36(32)38-17-7-9-19-40(38)42/h1-6,8-16,18-28H,7,17H2. The SMILES string of the molecule is C1=Cc2c(-c3nc(-c4ccc(-c5cnc6ccccc6c5)cc4)nc(-c4cc5ccccc5c5ccccc45)n3)cc3ccccc3c2CC1. The fraction of sp³-hybridized carbons (Fsp3) is 0.0435. The van der Waals surface area contributed by atoms with Crippen molar-refractivity contribution in [1.29, 1.82) is 0 Å². The number of rotatable bonds is 4. The third kappa shape index (κ3) is 4.76. The highest BCUT2D eigenvalue weighted by Crippen LogP contribution is 2.39. The summed E-state index contributed by atoms with van der Waals surface area (Å²) in [5, 5.41) is 8.29. The molecule has 10 rings (SSSR count). The molecule has 9 aromatic rings. The van der Waals surface area contributed by atoms with Gasteiger partial charge in [0.05, 0.1) is 5.52 Å². The summed E-state index contributed by atoms with van der Waals surface area (Å²) >= 11 is 0. The molecule has 2 aromatic heterocycles. The van der Waals surface area contributed by atoms with Crippen molar-refractivity contribution in [3.63, 3.8) is 0 Å². The summed E-state index contributed by atoms with van der Waals surface area (Å²) in [6.07, 6.45) is 8.47. The van der Waals surface area contributed by atoms with Gasteiger partial charge >= 0.3 is 0 Å². The molecule has 2 heterocycles. The number of fused-ring (bicyclic) bond motifs is 7. The van der Waals surface area contributed by atoms with Gasteiger partial charge in [0.1, 0.15) is 0 Å². The van der Waals surface area contributed by atoms with Gasteiger partial charge in [0.15, 0.2) is 17.5 Å². The molecule has 0 atom stereocenters. The van der Waals surface area contributed by atoms with E-state index >= 15 is 0 Å². The highest BCUT2D eigenvalue weighted by molar-refractivity contribution is 6.13. The Kier molecular flexibility index (Phi) is 6.59. The van der Waals surface area contributed by atoms with Gasteiger partial charge in [-0.05, 0) is 86.1 Å². The first-order valence-corrected chi connectivity index (χ1v) is 17.1. The van der Waals surface area contributed by atoms with Gasteiger partial charge in [-0.25, -0.2) is 15.0 Å². The van der Waals surface area contributed by atoms with Gasteiger partial charge in [0, 0.05) is 33.8 Å². The maximum Gasteiger partial charge on any atom is 0.164 e. The lowest BCUT2D eigenvalue weighted by Gasteiger charge is -2.19. The molecule has 0 unspecified atom stereocenters. The minimum Gasteiger partial charge on any atom is -0.256 e. The second kappa shape index (κ2) is 11.6. The zero-order valence-corrected chi connectivity index (χ0v) is 27.2. The quantitative estimate of drug-likeness (QED) is 0.180. The molecule has 7 aromatic carbocycles. The van der Waals surface area contributed by atoms with Crippen LogP contribution in [-0.4, -0.2) is 19.9 Å². The van der Waals surface area contributed by atoms with Gasteiger partial charge < -0.3 is 0 Å². The van der Waals surface area contributed by atoms with E-state index in [0.29, 0.717) is 17.5 Å². The smallest absolute Gasteiger partial charge is 0.164 e. The fourth-order valence-electron chi connectivity index (χ4n) is 7.54. The average molecular weight is 639 g/mol. The second-order valence-electron chi connectivity index (χ2n) is 13.0. The van der Waals surface area contributed by atoms with E-state index in [4.69, 9.17) is 19.9 Å². The Labute approximate surface area is 289 Å². The van der Waals surface area contributed by atoms with Crippen LogP contribution in [0.4, 0.5) is 0 Å². The van der Waals surface area contributed by atoms with Crippen LogP contribution in [0.3, 0.4) is 0 Å². The molecule has 0 N–H and O–H groups in total. The van der Waals surface area contributed by atoms with Crippen molar-refractivity contribution < 1.29 is 0 Å². The number of pyridine rings is 1. The maximum atomic E-state index is 5.30. The van der Waals surface area contributed by atoms with E-state index < -0.39 is 0 Å². The molecule has 1 aliphatic carbocycles. The van der Waals surface area contributed by atoms with E-state index in [1.807, 2.05) is 24.4 Å². The summed E-state index contributed by atoms with van der Waals surface area (Å²) in [7, 11) is 0. The fourth-order valence-corrected chi connectivity index (χ4v) is 7.54. The highest BCUT2D eigenvalue weighted by Gasteiger charge is 2.20. The number of aromatic nitrogens is 4. The lowest BCUT2D eigenvalue weighted by atomic mass is 9.88. The predicted molar refractivity (Wildman–Crippen MR) is 207 cm³/mol. The van der Waals surface area contributed by atoms with Crippen molar-refractivity contribution in [2.75, 3.05) is 0 Å². The molecule has 1 aliphatic rings. The Balaban J connectivity index is 1.19. The molecule has 0 saturated carbocycles. The summed E-state index contributed by atoms with van der Waals surface area (Å²) in [5.41, 5.74) is 8.67. The van der Waals surface area contributed by atoms with Crippen LogP contribution in [0.5, 0.6) is 0 Å². The predicted octanol–water partition coefficient (Wildman–Crippen LogP) is 11.5. The zero-order chi connectivity index (χ0) is 33.0. The first-order chi connectivity index (χ1) is 24.8. The van der Waals surface area contributed by atoms with Crippen LogP contribution < -0.4 is 0 Å². The van der Waals surface area contributed by atoms with E-state index in [-0.39, 0.29) is 0 Å². The van der Waals surface area contributed by atoms with Gasteiger partial charge in [-0.15, -0.1) is 0 Å². The van der Waals surface area contributed by atoms with Gasteiger partial charge in [-0.1, -0.05) is 127 Å². The van der Waals surface area contributed by atoms with E-state index in [0.717, 1.165) is 62.3 Å². The number of nitrogens with zero attached hydrogens (tertiary/aromatic N) is 4. The molecular weight excluding hydrogens is 609 g/mol.